The smallest absolute Gasteiger partial charge is 0.199 e. The molecule has 2 rings (SSSR count). The second kappa shape index (κ2) is 7.78. The Kier molecular flexibility index (Phi) is 6.36. The first-order chi connectivity index (χ1) is 9.56. The summed E-state index contributed by atoms with van der Waals surface area (Å²) in [6, 6.07) is 3.06. The molecule has 0 bridgehead atoms. The van der Waals surface area contributed by atoms with E-state index in [1.54, 1.807) is 0 Å². The van der Waals surface area contributed by atoms with Crippen LogP contribution in [0.5, 0.6) is 0 Å². The standard InChI is InChI=1S/C13H17F2N5.ClH/c14-9-4-5-11(10(15)8-9)18-12(16)19-13(17)20-6-2-1-3-7-20;/h4-5,8H,1-3,6-7H2,(H4,16,17,18,19);1H. The highest BCUT2D eigenvalue weighted by Crippen LogP contribution is 2.14. The second-order valence-corrected chi connectivity index (χ2v) is 4.65. The van der Waals surface area contributed by atoms with Gasteiger partial charge >= 0.3 is 0 Å². The van der Waals surface area contributed by atoms with Crippen molar-refractivity contribution < 1.29 is 8.78 Å². The van der Waals surface area contributed by atoms with Crippen molar-refractivity contribution in [1.29, 1.82) is 10.8 Å². The zero-order chi connectivity index (χ0) is 14.5. The number of benzene rings is 1. The maximum Gasteiger partial charge on any atom is 0.199 e. The maximum absolute atomic E-state index is 13.4. The average Bonchev–Trinajstić information content (AvgIpc) is 2.43. The van der Waals surface area contributed by atoms with Crippen molar-refractivity contribution in [1.82, 2.24) is 10.2 Å². The summed E-state index contributed by atoms with van der Waals surface area (Å²) < 4.78 is 26.2. The van der Waals surface area contributed by atoms with E-state index in [0.29, 0.717) is 0 Å². The molecule has 0 saturated carbocycles. The van der Waals surface area contributed by atoms with E-state index in [-0.39, 0.29) is 30.0 Å². The summed E-state index contributed by atoms with van der Waals surface area (Å²) in [6.07, 6.45) is 3.20. The van der Waals surface area contributed by atoms with Crippen LogP contribution >= 0.6 is 12.4 Å². The number of likely N-dealkylation sites (tertiary alicyclic amines) is 1. The molecule has 0 radical (unpaired) electrons. The number of nitrogens with one attached hydrogen (secondary N) is 4. The molecule has 5 nitrogen and oxygen atoms in total. The van der Waals surface area contributed by atoms with Crippen molar-refractivity contribution in [2.24, 2.45) is 0 Å². The minimum absolute atomic E-state index is 0. The quantitative estimate of drug-likeness (QED) is 0.475. The van der Waals surface area contributed by atoms with Gasteiger partial charge in [-0.05, 0) is 31.4 Å². The first-order valence-corrected chi connectivity index (χ1v) is 6.47. The van der Waals surface area contributed by atoms with Crippen molar-refractivity contribution in [2.75, 3.05) is 18.4 Å². The number of guanidine groups is 2. The summed E-state index contributed by atoms with van der Waals surface area (Å²) in [4.78, 5) is 1.83. The number of hydrogen-bond acceptors (Lipinski definition) is 2. The Labute approximate surface area is 128 Å². The molecule has 21 heavy (non-hydrogen) atoms. The first-order valence-electron chi connectivity index (χ1n) is 6.47. The molecule has 8 heteroatoms. The molecule has 0 unspecified atom stereocenters. The van der Waals surface area contributed by atoms with E-state index < -0.39 is 11.6 Å². The van der Waals surface area contributed by atoms with Crippen LogP contribution in [0.4, 0.5) is 14.5 Å². The molecule has 1 heterocycles. The molecular weight excluding hydrogens is 300 g/mol. The number of anilines is 1. The van der Waals surface area contributed by atoms with Crippen molar-refractivity contribution >= 4 is 30.0 Å². The topological polar surface area (TPSA) is 75.0 Å². The minimum Gasteiger partial charge on any atom is -0.343 e. The van der Waals surface area contributed by atoms with E-state index in [2.05, 4.69) is 10.6 Å². The molecule has 0 aromatic heterocycles. The van der Waals surface area contributed by atoms with Gasteiger partial charge in [-0.25, -0.2) is 8.78 Å². The summed E-state index contributed by atoms with van der Waals surface area (Å²) in [5.74, 6) is -1.55. The molecule has 4 N–H and O–H groups in total. The van der Waals surface area contributed by atoms with Crippen molar-refractivity contribution in [3.63, 3.8) is 0 Å². The fourth-order valence-electron chi connectivity index (χ4n) is 2.07. The number of halogens is 3. The fraction of sp³-hybridized carbons (Fsp3) is 0.385. The minimum atomic E-state index is -0.777. The molecular formula is C13H18ClF2N5. The second-order valence-electron chi connectivity index (χ2n) is 4.65. The lowest BCUT2D eigenvalue weighted by Crippen LogP contribution is -2.47. The van der Waals surface area contributed by atoms with Crippen LogP contribution in [-0.2, 0) is 0 Å². The van der Waals surface area contributed by atoms with E-state index in [4.69, 9.17) is 10.8 Å². The summed E-state index contributed by atoms with van der Waals surface area (Å²) in [5.41, 5.74) is -0.00431. The lowest BCUT2D eigenvalue weighted by Gasteiger charge is -2.29. The Morgan fingerprint density at radius 2 is 1.76 bits per heavy atom. The predicted octanol–water partition coefficient (Wildman–Crippen LogP) is 2.74. The van der Waals surface area contributed by atoms with Gasteiger partial charge < -0.3 is 10.2 Å². The van der Waals surface area contributed by atoms with Gasteiger partial charge in [-0.1, -0.05) is 0 Å². The van der Waals surface area contributed by atoms with E-state index >= 15 is 0 Å². The monoisotopic (exact) mass is 317 g/mol. The van der Waals surface area contributed by atoms with Gasteiger partial charge in [-0.15, -0.1) is 12.4 Å². The Morgan fingerprint density at radius 3 is 2.38 bits per heavy atom. The number of hydrogen-bond donors (Lipinski definition) is 4. The van der Waals surface area contributed by atoms with Crippen LogP contribution in [-0.4, -0.2) is 29.9 Å². The van der Waals surface area contributed by atoms with Crippen LogP contribution < -0.4 is 10.6 Å². The highest BCUT2D eigenvalue weighted by molar-refractivity contribution is 6.02. The van der Waals surface area contributed by atoms with Gasteiger partial charge in [0.15, 0.2) is 11.9 Å². The van der Waals surface area contributed by atoms with Gasteiger partial charge in [0, 0.05) is 19.2 Å². The molecule has 116 valence electrons. The summed E-state index contributed by atoms with van der Waals surface area (Å²) in [7, 11) is 0. The fourth-order valence-corrected chi connectivity index (χ4v) is 2.07. The van der Waals surface area contributed by atoms with E-state index in [9.17, 15) is 8.78 Å². The Balaban J connectivity index is 0.00000220. The highest BCUT2D eigenvalue weighted by atomic mass is 35.5. The third kappa shape index (κ3) is 4.86. The van der Waals surface area contributed by atoms with Gasteiger partial charge in [-0.3, -0.25) is 16.1 Å². The number of piperidine rings is 1. The predicted molar refractivity (Wildman–Crippen MR) is 81.2 cm³/mol. The van der Waals surface area contributed by atoms with Crippen LogP contribution in [0.15, 0.2) is 18.2 Å². The Bertz CT molecular complexity index is 517. The SMILES string of the molecule is Cl.N=C(NC(=N)N1CCCCC1)Nc1ccc(F)cc1F. The Morgan fingerprint density at radius 1 is 1.10 bits per heavy atom. The maximum atomic E-state index is 13.4. The number of nitrogens with zero attached hydrogens (tertiary/aromatic N) is 1. The van der Waals surface area contributed by atoms with Gasteiger partial charge in [-0.2, -0.15) is 0 Å². The summed E-state index contributed by atoms with van der Waals surface area (Å²) in [6.45, 7) is 1.56. The molecule has 0 aliphatic carbocycles. The van der Waals surface area contributed by atoms with Crippen LogP contribution in [0.1, 0.15) is 19.3 Å². The lowest BCUT2D eigenvalue weighted by atomic mass is 10.1. The van der Waals surface area contributed by atoms with Crippen LogP contribution in [0.2, 0.25) is 0 Å². The Hall–Kier alpha value is -1.89. The highest BCUT2D eigenvalue weighted by Gasteiger charge is 2.14. The van der Waals surface area contributed by atoms with Gasteiger partial charge in [0.1, 0.15) is 11.6 Å². The zero-order valence-corrected chi connectivity index (χ0v) is 12.2. The first kappa shape index (κ1) is 17.2. The third-order valence-corrected chi connectivity index (χ3v) is 3.11. The number of rotatable bonds is 1. The molecule has 1 aliphatic rings. The zero-order valence-electron chi connectivity index (χ0n) is 11.4. The van der Waals surface area contributed by atoms with Crippen LogP contribution in [0.25, 0.3) is 0 Å². The van der Waals surface area contributed by atoms with Crippen molar-refractivity contribution in [3.05, 3.63) is 29.8 Å². The van der Waals surface area contributed by atoms with Crippen LogP contribution in [0, 0.1) is 22.5 Å². The molecule has 1 aromatic carbocycles. The third-order valence-electron chi connectivity index (χ3n) is 3.11. The van der Waals surface area contributed by atoms with Crippen molar-refractivity contribution in [2.45, 2.75) is 19.3 Å². The summed E-state index contributed by atoms with van der Waals surface area (Å²) in [5, 5.41) is 20.6. The molecule has 1 saturated heterocycles. The molecule has 0 amide bonds. The molecule has 1 aliphatic heterocycles. The largest absolute Gasteiger partial charge is 0.343 e. The van der Waals surface area contributed by atoms with Crippen molar-refractivity contribution in [3.8, 4) is 0 Å². The van der Waals surface area contributed by atoms with Gasteiger partial charge in [0.25, 0.3) is 0 Å². The lowest BCUT2D eigenvalue weighted by molar-refractivity contribution is 0.334. The van der Waals surface area contributed by atoms with E-state index in [1.807, 2.05) is 4.90 Å². The molecule has 0 spiro atoms. The van der Waals surface area contributed by atoms with Crippen LogP contribution in [0.3, 0.4) is 0 Å². The van der Waals surface area contributed by atoms with Gasteiger partial charge in [0.2, 0.25) is 0 Å². The van der Waals surface area contributed by atoms with E-state index in [1.165, 1.54) is 6.07 Å². The van der Waals surface area contributed by atoms with Gasteiger partial charge in [0.05, 0.1) is 5.69 Å². The molecule has 0 atom stereocenters. The summed E-state index contributed by atoms with van der Waals surface area (Å²) >= 11 is 0. The normalized spacial score (nSPS) is 14.1. The van der Waals surface area contributed by atoms with E-state index in [0.717, 1.165) is 44.5 Å². The molecule has 1 aromatic rings. The average molecular weight is 318 g/mol. The molecule has 1 fully saturated rings.